The van der Waals surface area contributed by atoms with Crippen molar-refractivity contribution in [1.29, 1.82) is 5.26 Å². The summed E-state index contributed by atoms with van der Waals surface area (Å²) >= 11 is 0. The van der Waals surface area contributed by atoms with Crippen LogP contribution in [0.1, 0.15) is 16.8 Å². The van der Waals surface area contributed by atoms with Crippen molar-refractivity contribution in [3.63, 3.8) is 0 Å². The molecular formula is C13H8F2N2. The lowest BCUT2D eigenvalue weighted by atomic mass is 10.1. The Balaban J connectivity index is 2.22. The monoisotopic (exact) mass is 230 g/mol. The van der Waals surface area contributed by atoms with Gasteiger partial charge in [0.15, 0.2) is 11.5 Å². The molecule has 0 spiro atoms. The van der Waals surface area contributed by atoms with Crippen LogP contribution in [0.25, 0.3) is 0 Å². The summed E-state index contributed by atoms with van der Waals surface area (Å²) in [5, 5.41) is 8.54. The van der Waals surface area contributed by atoms with E-state index in [-0.39, 0.29) is 11.5 Å². The summed E-state index contributed by atoms with van der Waals surface area (Å²) < 4.78 is 26.0. The van der Waals surface area contributed by atoms with Crippen molar-refractivity contribution in [2.75, 3.05) is 0 Å². The van der Waals surface area contributed by atoms with Gasteiger partial charge in [0.1, 0.15) is 11.9 Å². The number of hydrogen-bond donors (Lipinski definition) is 0. The summed E-state index contributed by atoms with van der Waals surface area (Å²) in [4.78, 5) is 3.70. The number of rotatable bonds is 2. The normalized spacial score (nSPS) is 9.94. The minimum Gasteiger partial charge on any atom is -0.242 e. The molecule has 17 heavy (non-hydrogen) atoms. The Morgan fingerprint density at radius 3 is 2.41 bits per heavy atom. The van der Waals surface area contributed by atoms with E-state index in [9.17, 15) is 8.78 Å². The van der Waals surface area contributed by atoms with Crippen molar-refractivity contribution in [3.8, 4) is 6.07 Å². The van der Waals surface area contributed by atoms with Gasteiger partial charge in [-0.3, -0.25) is 0 Å². The van der Waals surface area contributed by atoms with Gasteiger partial charge >= 0.3 is 0 Å². The number of nitrogens with zero attached hydrogens (tertiary/aromatic N) is 2. The van der Waals surface area contributed by atoms with Gasteiger partial charge in [0.05, 0.1) is 0 Å². The molecule has 0 aliphatic heterocycles. The Morgan fingerprint density at radius 2 is 1.82 bits per heavy atom. The van der Waals surface area contributed by atoms with Crippen LogP contribution in [0.3, 0.4) is 0 Å². The molecule has 0 fully saturated rings. The van der Waals surface area contributed by atoms with Crippen LogP contribution in [-0.2, 0) is 6.42 Å². The first-order chi connectivity index (χ1) is 8.19. The molecule has 1 aromatic carbocycles. The third-order valence-electron chi connectivity index (χ3n) is 2.33. The van der Waals surface area contributed by atoms with Gasteiger partial charge in [0.2, 0.25) is 0 Å². The summed E-state index contributed by atoms with van der Waals surface area (Å²) in [6.07, 6.45) is 1.90. The summed E-state index contributed by atoms with van der Waals surface area (Å²) in [6, 6.07) is 8.89. The maximum Gasteiger partial charge on any atom is 0.176 e. The lowest BCUT2D eigenvalue weighted by molar-refractivity contribution is 0.614. The van der Waals surface area contributed by atoms with E-state index in [4.69, 9.17) is 5.26 Å². The van der Waals surface area contributed by atoms with Gasteiger partial charge in [0.25, 0.3) is 0 Å². The smallest absolute Gasteiger partial charge is 0.176 e. The zero-order chi connectivity index (χ0) is 12.3. The van der Waals surface area contributed by atoms with Crippen molar-refractivity contribution in [2.45, 2.75) is 6.42 Å². The first-order valence-electron chi connectivity index (χ1n) is 4.98. The molecule has 0 bridgehead atoms. The van der Waals surface area contributed by atoms with Gasteiger partial charge in [-0.05, 0) is 35.7 Å². The SMILES string of the molecule is N#Cc1ncc(Cc2ccc(F)cc2)cc1F. The molecular weight excluding hydrogens is 222 g/mol. The molecule has 0 saturated heterocycles. The van der Waals surface area contributed by atoms with Crippen LogP contribution in [0.2, 0.25) is 0 Å². The van der Waals surface area contributed by atoms with E-state index < -0.39 is 5.82 Å². The molecule has 2 aromatic rings. The fraction of sp³-hybridized carbons (Fsp3) is 0.0769. The van der Waals surface area contributed by atoms with Crippen LogP contribution in [0, 0.1) is 23.0 Å². The molecule has 0 aliphatic carbocycles. The maximum atomic E-state index is 13.3. The number of halogens is 2. The van der Waals surface area contributed by atoms with Crippen LogP contribution < -0.4 is 0 Å². The fourth-order valence-electron chi connectivity index (χ4n) is 1.49. The quantitative estimate of drug-likeness (QED) is 0.795. The molecule has 0 saturated carbocycles. The number of hydrogen-bond acceptors (Lipinski definition) is 2. The molecule has 1 heterocycles. The summed E-state index contributed by atoms with van der Waals surface area (Å²) in [5.41, 5.74) is 1.29. The highest BCUT2D eigenvalue weighted by Crippen LogP contribution is 2.12. The molecule has 2 rings (SSSR count). The topological polar surface area (TPSA) is 36.7 Å². The van der Waals surface area contributed by atoms with Crippen LogP contribution in [0.5, 0.6) is 0 Å². The minimum absolute atomic E-state index is 0.215. The third kappa shape index (κ3) is 2.64. The zero-order valence-electron chi connectivity index (χ0n) is 8.82. The van der Waals surface area contributed by atoms with Gasteiger partial charge < -0.3 is 0 Å². The first kappa shape index (κ1) is 11.2. The van der Waals surface area contributed by atoms with Crippen molar-refractivity contribution in [3.05, 3.63) is 65.0 Å². The second-order valence-electron chi connectivity index (χ2n) is 3.59. The maximum absolute atomic E-state index is 13.3. The van der Waals surface area contributed by atoms with Gasteiger partial charge in [-0.2, -0.15) is 5.26 Å². The van der Waals surface area contributed by atoms with Crippen LogP contribution in [-0.4, -0.2) is 4.98 Å². The molecule has 0 unspecified atom stereocenters. The Morgan fingerprint density at radius 1 is 1.12 bits per heavy atom. The second kappa shape index (κ2) is 4.71. The minimum atomic E-state index is -0.632. The summed E-state index contributed by atoms with van der Waals surface area (Å²) in [7, 11) is 0. The van der Waals surface area contributed by atoms with Crippen molar-refractivity contribution < 1.29 is 8.78 Å². The predicted octanol–water partition coefficient (Wildman–Crippen LogP) is 2.82. The van der Waals surface area contributed by atoms with Gasteiger partial charge in [-0.15, -0.1) is 0 Å². The summed E-state index contributed by atoms with van der Waals surface area (Å²) in [6.45, 7) is 0. The zero-order valence-corrected chi connectivity index (χ0v) is 8.82. The Bertz CT molecular complexity index is 571. The highest BCUT2D eigenvalue weighted by molar-refractivity contribution is 5.29. The van der Waals surface area contributed by atoms with E-state index in [1.165, 1.54) is 24.4 Å². The van der Waals surface area contributed by atoms with Gasteiger partial charge in [0, 0.05) is 6.20 Å². The predicted molar refractivity (Wildman–Crippen MR) is 58.1 cm³/mol. The molecule has 4 heteroatoms. The van der Waals surface area contributed by atoms with E-state index in [1.807, 2.05) is 0 Å². The number of benzene rings is 1. The highest BCUT2D eigenvalue weighted by Gasteiger charge is 2.05. The summed E-state index contributed by atoms with van der Waals surface area (Å²) in [5.74, 6) is -0.940. The molecule has 2 nitrogen and oxygen atoms in total. The third-order valence-corrected chi connectivity index (χ3v) is 2.33. The number of nitriles is 1. The molecule has 0 atom stereocenters. The second-order valence-corrected chi connectivity index (χ2v) is 3.59. The van der Waals surface area contributed by atoms with Crippen molar-refractivity contribution >= 4 is 0 Å². The number of pyridine rings is 1. The Labute approximate surface area is 97.2 Å². The molecule has 0 N–H and O–H groups in total. The average molecular weight is 230 g/mol. The van der Waals surface area contributed by atoms with Gasteiger partial charge in [-0.25, -0.2) is 13.8 Å². The van der Waals surface area contributed by atoms with Gasteiger partial charge in [-0.1, -0.05) is 12.1 Å². The van der Waals surface area contributed by atoms with E-state index in [0.717, 1.165) is 5.56 Å². The van der Waals surface area contributed by atoms with E-state index in [0.29, 0.717) is 12.0 Å². The van der Waals surface area contributed by atoms with E-state index in [2.05, 4.69) is 4.98 Å². The highest BCUT2D eigenvalue weighted by atomic mass is 19.1. The van der Waals surface area contributed by atoms with E-state index >= 15 is 0 Å². The standard InChI is InChI=1S/C13H8F2N2/c14-11-3-1-9(2-4-11)5-10-6-12(15)13(7-16)17-8-10/h1-4,6,8H,5H2. The first-order valence-corrected chi connectivity index (χ1v) is 4.98. The molecule has 1 aromatic heterocycles. The Hall–Kier alpha value is -2.28. The Kier molecular flexibility index (Phi) is 3.10. The molecule has 0 amide bonds. The average Bonchev–Trinajstić information content (AvgIpc) is 2.32. The number of aromatic nitrogens is 1. The van der Waals surface area contributed by atoms with Crippen molar-refractivity contribution in [2.24, 2.45) is 0 Å². The van der Waals surface area contributed by atoms with E-state index in [1.54, 1.807) is 18.2 Å². The lowest BCUT2D eigenvalue weighted by Gasteiger charge is -2.02. The fourth-order valence-corrected chi connectivity index (χ4v) is 1.49. The lowest BCUT2D eigenvalue weighted by Crippen LogP contribution is -1.95. The molecule has 0 radical (unpaired) electrons. The molecule has 0 aliphatic rings. The molecule has 84 valence electrons. The van der Waals surface area contributed by atoms with Crippen LogP contribution in [0.15, 0.2) is 36.5 Å². The van der Waals surface area contributed by atoms with Crippen LogP contribution >= 0.6 is 0 Å². The van der Waals surface area contributed by atoms with Crippen molar-refractivity contribution in [1.82, 2.24) is 4.98 Å². The largest absolute Gasteiger partial charge is 0.242 e. The van der Waals surface area contributed by atoms with Crippen LogP contribution in [0.4, 0.5) is 8.78 Å².